The van der Waals surface area contributed by atoms with Gasteiger partial charge in [0.25, 0.3) is 0 Å². The Morgan fingerprint density at radius 1 is 1.39 bits per heavy atom. The molecule has 0 spiro atoms. The Kier molecular flexibility index (Phi) is 4.59. The van der Waals surface area contributed by atoms with E-state index >= 15 is 0 Å². The minimum absolute atomic E-state index is 0.149. The number of benzene rings is 1. The molecule has 0 aliphatic heterocycles. The molecule has 0 radical (unpaired) electrons. The van der Waals surface area contributed by atoms with Crippen molar-refractivity contribution >= 4 is 5.69 Å². The van der Waals surface area contributed by atoms with Gasteiger partial charge in [-0.2, -0.15) is 0 Å². The predicted molar refractivity (Wildman–Crippen MR) is 74.4 cm³/mol. The van der Waals surface area contributed by atoms with Gasteiger partial charge in [-0.1, -0.05) is 6.42 Å². The van der Waals surface area contributed by atoms with Crippen LogP contribution in [0.4, 0.5) is 10.1 Å². The maximum atomic E-state index is 13.3. The summed E-state index contributed by atoms with van der Waals surface area (Å²) in [7, 11) is 1.90. The Bertz CT molecular complexity index is 388. The fourth-order valence-electron chi connectivity index (χ4n) is 2.58. The van der Waals surface area contributed by atoms with Crippen molar-refractivity contribution in [3.05, 3.63) is 29.6 Å². The van der Waals surface area contributed by atoms with Crippen LogP contribution in [0.2, 0.25) is 0 Å². The van der Waals surface area contributed by atoms with Gasteiger partial charge >= 0.3 is 0 Å². The second kappa shape index (κ2) is 6.19. The van der Waals surface area contributed by atoms with Gasteiger partial charge < -0.3 is 10.2 Å². The van der Waals surface area contributed by atoms with E-state index in [1.165, 1.54) is 24.9 Å². The summed E-state index contributed by atoms with van der Waals surface area (Å²) in [6.45, 7) is 4.98. The molecular weight excluding hydrogens is 227 g/mol. The van der Waals surface area contributed by atoms with Gasteiger partial charge in [-0.3, -0.25) is 0 Å². The zero-order valence-corrected chi connectivity index (χ0v) is 11.4. The van der Waals surface area contributed by atoms with E-state index in [4.69, 9.17) is 0 Å². The van der Waals surface area contributed by atoms with Crippen LogP contribution in [-0.4, -0.2) is 20.1 Å². The topological polar surface area (TPSA) is 15.3 Å². The van der Waals surface area contributed by atoms with E-state index in [0.29, 0.717) is 6.54 Å². The molecule has 0 aromatic heterocycles. The van der Waals surface area contributed by atoms with Crippen molar-refractivity contribution in [3.63, 3.8) is 0 Å². The molecule has 1 aromatic carbocycles. The Balaban J connectivity index is 2.16. The zero-order valence-electron chi connectivity index (χ0n) is 11.4. The molecule has 1 aliphatic carbocycles. The molecule has 1 aromatic rings. The van der Waals surface area contributed by atoms with Crippen LogP contribution in [0.25, 0.3) is 0 Å². The lowest BCUT2D eigenvalue weighted by Crippen LogP contribution is -2.33. The van der Waals surface area contributed by atoms with Crippen molar-refractivity contribution in [1.29, 1.82) is 0 Å². The average molecular weight is 250 g/mol. The van der Waals surface area contributed by atoms with Crippen LogP contribution < -0.4 is 10.2 Å². The Morgan fingerprint density at radius 2 is 2.17 bits per heavy atom. The lowest BCUT2D eigenvalue weighted by molar-refractivity contribution is 0.318. The molecule has 0 unspecified atom stereocenters. The minimum Gasteiger partial charge on any atom is -0.371 e. The molecule has 0 atom stereocenters. The standard InChI is InChI=1S/C15H23FN2/c1-3-18(11-12-5-4-6-12)15-8-7-14(16)9-13(15)10-17-2/h7-9,12,17H,3-6,10-11H2,1-2H3. The van der Waals surface area contributed by atoms with Crippen LogP contribution in [0, 0.1) is 11.7 Å². The van der Waals surface area contributed by atoms with Crippen molar-refractivity contribution in [2.24, 2.45) is 5.92 Å². The van der Waals surface area contributed by atoms with Gasteiger partial charge in [0.15, 0.2) is 0 Å². The van der Waals surface area contributed by atoms with E-state index in [0.717, 1.165) is 24.6 Å². The van der Waals surface area contributed by atoms with Gasteiger partial charge in [0.05, 0.1) is 0 Å². The fourth-order valence-corrected chi connectivity index (χ4v) is 2.58. The Morgan fingerprint density at radius 3 is 2.72 bits per heavy atom. The molecule has 1 fully saturated rings. The van der Waals surface area contributed by atoms with Crippen molar-refractivity contribution in [1.82, 2.24) is 5.32 Å². The molecule has 1 saturated carbocycles. The quantitative estimate of drug-likeness (QED) is 0.834. The highest BCUT2D eigenvalue weighted by molar-refractivity contribution is 5.54. The van der Waals surface area contributed by atoms with E-state index in [1.54, 1.807) is 12.1 Å². The van der Waals surface area contributed by atoms with E-state index < -0.39 is 0 Å². The first-order valence-electron chi connectivity index (χ1n) is 6.92. The van der Waals surface area contributed by atoms with Crippen LogP contribution in [0.1, 0.15) is 31.7 Å². The normalized spacial score (nSPS) is 15.5. The number of hydrogen-bond donors (Lipinski definition) is 1. The van der Waals surface area contributed by atoms with Gasteiger partial charge in [0.1, 0.15) is 5.82 Å². The summed E-state index contributed by atoms with van der Waals surface area (Å²) in [4.78, 5) is 2.38. The number of nitrogens with zero attached hydrogens (tertiary/aromatic N) is 1. The van der Waals surface area contributed by atoms with E-state index in [2.05, 4.69) is 17.1 Å². The summed E-state index contributed by atoms with van der Waals surface area (Å²) in [6, 6.07) is 5.14. The number of halogens is 1. The number of rotatable bonds is 6. The SMILES string of the molecule is CCN(CC1CCC1)c1ccc(F)cc1CNC. The first-order chi connectivity index (χ1) is 8.74. The van der Waals surface area contributed by atoms with E-state index in [1.807, 2.05) is 13.1 Å². The maximum absolute atomic E-state index is 13.3. The lowest BCUT2D eigenvalue weighted by atomic mass is 9.85. The minimum atomic E-state index is -0.149. The fraction of sp³-hybridized carbons (Fsp3) is 0.600. The molecule has 1 N–H and O–H groups in total. The summed E-state index contributed by atoms with van der Waals surface area (Å²) in [5.41, 5.74) is 2.24. The number of nitrogens with one attached hydrogen (secondary N) is 1. The van der Waals surface area contributed by atoms with Crippen LogP contribution in [0.3, 0.4) is 0 Å². The van der Waals surface area contributed by atoms with Gasteiger partial charge in [-0.15, -0.1) is 0 Å². The molecular formula is C15H23FN2. The Hall–Kier alpha value is -1.09. The smallest absolute Gasteiger partial charge is 0.123 e. The number of hydrogen-bond acceptors (Lipinski definition) is 2. The van der Waals surface area contributed by atoms with Crippen molar-refractivity contribution in [2.75, 3.05) is 25.0 Å². The van der Waals surface area contributed by atoms with Gasteiger partial charge in [-0.05, 0) is 56.5 Å². The van der Waals surface area contributed by atoms with Crippen molar-refractivity contribution in [3.8, 4) is 0 Å². The van der Waals surface area contributed by atoms with Gasteiger partial charge in [0, 0.05) is 25.3 Å². The first-order valence-corrected chi connectivity index (χ1v) is 6.92. The third-order valence-corrected chi connectivity index (χ3v) is 3.83. The molecule has 100 valence electrons. The molecule has 0 bridgehead atoms. The number of anilines is 1. The molecule has 0 saturated heterocycles. The molecule has 3 heteroatoms. The second-order valence-electron chi connectivity index (χ2n) is 5.14. The van der Waals surface area contributed by atoms with Gasteiger partial charge in [-0.25, -0.2) is 4.39 Å². The van der Waals surface area contributed by atoms with Crippen LogP contribution in [0.15, 0.2) is 18.2 Å². The van der Waals surface area contributed by atoms with Gasteiger partial charge in [0.2, 0.25) is 0 Å². The molecule has 2 nitrogen and oxygen atoms in total. The highest BCUT2D eigenvalue weighted by Gasteiger charge is 2.21. The third-order valence-electron chi connectivity index (χ3n) is 3.83. The van der Waals surface area contributed by atoms with Crippen LogP contribution in [-0.2, 0) is 6.54 Å². The first kappa shape index (κ1) is 13.3. The summed E-state index contributed by atoms with van der Waals surface area (Å²) < 4.78 is 13.3. The van der Waals surface area contributed by atoms with Crippen molar-refractivity contribution in [2.45, 2.75) is 32.7 Å². The lowest BCUT2D eigenvalue weighted by Gasteiger charge is -2.34. The molecule has 0 heterocycles. The zero-order chi connectivity index (χ0) is 13.0. The highest BCUT2D eigenvalue weighted by atomic mass is 19.1. The highest BCUT2D eigenvalue weighted by Crippen LogP contribution is 2.30. The largest absolute Gasteiger partial charge is 0.371 e. The van der Waals surface area contributed by atoms with Crippen LogP contribution >= 0.6 is 0 Å². The molecule has 18 heavy (non-hydrogen) atoms. The summed E-state index contributed by atoms with van der Waals surface area (Å²) in [5, 5.41) is 3.12. The average Bonchev–Trinajstić information content (AvgIpc) is 2.30. The van der Waals surface area contributed by atoms with E-state index in [-0.39, 0.29) is 5.82 Å². The predicted octanol–water partition coefficient (Wildman–Crippen LogP) is 3.17. The summed E-state index contributed by atoms with van der Waals surface area (Å²) in [6.07, 6.45) is 4.06. The van der Waals surface area contributed by atoms with E-state index in [9.17, 15) is 4.39 Å². The second-order valence-corrected chi connectivity index (χ2v) is 5.14. The maximum Gasteiger partial charge on any atom is 0.123 e. The molecule has 1 aliphatic rings. The Labute approximate surface area is 109 Å². The van der Waals surface area contributed by atoms with Crippen LogP contribution in [0.5, 0.6) is 0 Å². The monoisotopic (exact) mass is 250 g/mol. The van der Waals surface area contributed by atoms with Crippen molar-refractivity contribution < 1.29 is 4.39 Å². The third kappa shape index (κ3) is 3.02. The molecule has 2 rings (SSSR count). The summed E-state index contributed by atoms with van der Waals surface area (Å²) >= 11 is 0. The molecule has 0 amide bonds. The summed E-state index contributed by atoms with van der Waals surface area (Å²) in [5.74, 6) is 0.682.